The highest BCUT2D eigenvalue weighted by Crippen LogP contribution is 2.13. The molecule has 2 aromatic rings. The summed E-state index contributed by atoms with van der Waals surface area (Å²) in [6.45, 7) is 2.93. The molecule has 0 aliphatic rings. The summed E-state index contributed by atoms with van der Waals surface area (Å²) in [6, 6.07) is 13.4. The van der Waals surface area contributed by atoms with Gasteiger partial charge in [0.05, 0.1) is 6.54 Å². The second-order valence-corrected chi connectivity index (χ2v) is 5.01. The van der Waals surface area contributed by atoms with Crippen LogP contribution < -0.4 is 10.1 Å². The molecule has 0 unspecified atom stereocenters. The maximum atomic E-state index is 12.8. The van der Waals surface area contributed by atoms with E-state index in [2.05, 4.69) is 24.4 Å². The molecule has 2 rings (SSSR count). The van der Waals surface area contributed by atoms with E-state index < -0.39 is 0 Å². The normalized spacial score (nSPS) is 10.3. The van der Waals surface area contributed by atoms with Crippen LogP contribution in [0.2, 0.25) is 0 Å². The van der Waals surface area contributed by atoms with Gasteiger partial charge in [-0.2, -0.15) is 0 Å². The first-order valence-electron chi connectivity index (χ1n) is 7.44. The number of rotatable bonds is 7. The fraction of sp³-hybridized carbons (Fsp3) is 0.278. The quantitative estimate of drug-likeness (QED) is 0.794. The van der Waals surface area contributed by atoms with Crippen molar-refractivity contribution < 1.29 is 13.9 Å². The lowest BCUT2D eigenvalue weighted by atomic mass is 10.1. The van der Waals surface area contributed by atoms with Gasteiger partial charge in [-0.1, -0.05) is 25.5 Å². The van der Waals surface area contributed by atoms with Crippen molar-refractivity contribution in [3.05, 3.63) is 65.5 Å². The van der Waals surface area contributed by atoms with Crippen LogP contribution in [0.3, 0.4) is 0 Å². The Hall–Kier alpha value is -2.36. The van der Waals surface area contributed by atoms with E-state index in [9.17, 15) is 9.18 Å². The predicted octanol–water partition coefficient (Wildman–Crippen LogP) is 3.59. The Kier molecular flexibility index (Phi) is 5.95. The predicted molar refractivity (Wildman–Crippen MR) is 84.7 cm³/mol. The van der Waals surface area contributed by atoms with Crippen LogP contribution in [0.15, 0.2) is 48.5 Å². The summed E-state index contributed by atoms with van der Waals surface area (Å²) < 4.78 is 18.3. The van der Waals surface area contributed by atoms with E-state index in [-0.39, 0.29) is 11.7 Å². The van der Waals surface area contributed by atoms with Crippen molar-refractivity contribution in [2.75, 3.05) is 13.2 Å². The first-order chi connectivity index (χ1) is 10.7. The Labute approximate surface area is 130 Å². The smallest absolute Gasteiger partial charge is 0.251 e. The Morgan fingerprint density at radius 3 is 2.41 bits per heavy atom. The lowest BCUT2D eigenvalue weighted by molar-refractivity contribution is 0.0947. The Bertz CT molecular complexity index is 593. The van der Waals surface area contributed by atoms with Crippen LogP contribution in [-0.2, 0) is 6.42 Å². The molecule has 0 saturated heterocycles. The van der Waals surface area contributed by atoms with Crippen molar-refractivity contribution in [3.8, 4) is 5.75 Å². The van der Waals surface area contributed by atoms with Gasteiger partial charge >= 0.3 is 0 Å². The summed E-state index contributed by atoms with van der Waals surface area (Å²) in [7, 11) is 0. The molecule has 1 amide bonds. The molecule has 2 aromatic carbocycles. The van der Waals surface area contributed by atoms with Crippen LogP contribution >= 0.6 is 0 Å². The Balaban J connectivity index is 1.72. The molecule has 0 fully saturated rings. The Morgan fingerprint density at radius 1 is 1.09 bits per heavy atom. The van der Waals surface area contributed by atoms with Crippen molar-refractivity contribution in [3.63, 3.8) is 0 Å². The number of aryl methyl sites for hydroxylation is 1. The number of carbonyl (C=O) groups is 1. The van der Waals surface area contributed by atoms with Gasteiger partial charge in [0.15, 0.2) is 0 Å². The second-order valence-electron chi connectivity index (χ2n) is 5.01. The number of hydrogen-bond donors (Lipinski definition) is 1. The summed E-state index contributed by atoms with van der Waals surface area (Å²) in [5.74, 6) is 0.198. The molecule has 3 nitrogen and oxygen atoms in total. The van der Waals surface area contributed by atoms with E-state index in [1.807, 2.05) is 12.1 Å². The van der Waals surface area contributed by atoms with Gasteiger partial charge in [-0.3, -0.25) is 4.79 Å². The van der Waals surface area contributed by atoms with Crippen molar-refractivity contribution in [1.82, 2.24) is 5.32 Å². The molecule has 0 heterocycles. The highest BCUT2D eigenvalue weighted by molar-refractivity contribution is 5.94. The SMILES string of the molecule is CCCc1ccc(OCCNC(=O)c2ccc(F)cc2)cc1. The number of halogens is 1. The summed E-state index contributed by atoms with van der Waals surface area (Å²) in [4.78, 5) is 11.8. The summed E-state index contributed by atoms with van der Waals surface area (Å²) in [5.41, 5.74) is 1.73. The third kappa shape index (κ3) is 4.88. The number of nitrogens with one attached hydrogen (secondary N) is 1. The van der Waals surface area contributed by atoms with Crippen molar-refractivity contribution in [2.45, 2.75) is 19.8 Å². The molecule has 0 aliphatic carbocycles. The average Bonchev–Trinajstić information content (AvgIpc) is 2.54. The molecule has 0 bridgehead atoms. The molecule has 0 aromatic heterocycles. The molecule has 0 radical (unpaired) electrons. The summed E-state index contributed by atoms with van der Waals surface area (Å²) in [6.07, 6.45) is 2.18. The van der Waals surface area contributed by atoms with E-state index in [4.69, 9.17) is 4.74 Å². The number of ether oxygens (including phenoxy) is 1. The number of amides is 1. The minimum atomic E-state index is -0.355. The number of carbonyl (C=O) groups excluding carboxylic acids is 1. The Morgan fingerprint density at radius 2 is 1.77 bits per heavy atom. The van der Waals surface area contributed by atoms with E-state index in [0.29, 0.717) is 18.7 Å². The first kappa shape index (κ1) is 16.0. The summed E-state index contributed by atoms with van der Waals surface area (Å²) in [5, 5.41) is 2.73. The van der Waals surface area contributed by atoms with Gasteiger partial charge in [0.2, 0.25) is 0 Å². The van der Waals surface area contributed by atoms with Crippen molar-refractivity contribution in [1.29, 1.82) is 0 Å². The minimum absolute atomic E-state index is 0.234. The van der Waals surface area contributed by atoms with Gasteiger partial charge in [0.25, 0.3) is 5.91 Å². The topological polar surface area (TPSA) is 38.3 Å². The lowest BCUT2D eigenvalue weighted by Crippen LogP contribution is -2.28. The fourth-order valence-electron chi connectivity index (χ4n) is 2.08. The zero-order chi connectivity index (χ0) is 15.8. The van der Waals surface area contributed by atoms with Crippen molar-refractivity contribution in [2.24, 2.45) is 0 Å². The standard InChI is InChI=1S/C18H20FNO2/c1-2-3-14-4-10-17(11-5-14)22-13-12-20-18(21)15-6-8-16(19)9-7-15/h4-11H,2-3,12-13H2,1H3,(H,20,21). The monoisotopic (exact) mass is 301 g/mol. The van der Waals surface area contributed by atoms with Crippen LogP contribution in [0.5, 0.6) is 5.75 Å². The zero-order valence-corrected chi connectivity index (χ0v) is 12.6. The third-order valence-electron chi connectivity index (χ3n) is 3.22. The lowest BCUT2D eigenvalue weighted by Gasteiger charge is -2.08. The van der Waals surface area contributed by atoms with Crippen molar-refractivity contribution >= 4 is 5.91 Å². The average molecular weight is 301 g/mol. The van der Waals surface area contributed by atoms with Crippen LogP contribution in [-0.4, -0.2) is 19.1 Å². The largest absolute Gasteiger partial charge is 0.492 e. The van der Waals surface area contributed by atoms with Gasteiger partial charge in [0, 0.05) is 5.56 Å². The van der Waals surface area contributed by atoms with Crippen LogP contribution in [0, 0.1) is 5.82 Å². The molecular formula is C18H20FNO2. The highest BCUT2D eigenvalue weighted by atomic mass is 19.1. The van der Waals surface area contributed by atoms with Crippen LogP contribution in [0.25, 0.3) is 0 Å². The van der Waals surface area contributed by atoms with Gasteiger partial charge in [0.1, 0.15) is 18.2 Å². The first-order valence-corrected chi connectivity index (χ1v) is 7.44. The fourth-order valence-corrected chi connectivity index (χ4v) is 2.08. The molecular weight excluding hydrogens is 281 g/mol. The molecule has 0 saturated carbocycles. The number of hydrogen-bond acceptors (Lipinski definition) is 2. The molecule has 4 heteroatoms. The highest BCUT2D eigenvalue weighted by Gasteiger charge is 2.04. The van der Waals surface area contributed by atoms with Gasteiger partial charge in [-0.15, -0.1) is 0 Å². The van der Waals surface area contributed by atoms with E-state index in [1.54, 1.807) is 0 Å². The zero-order valence-electron chi connectivity index (χ0n) is 12.6. The molecule has 0 aliphatic heterocycles. The van der Waals surface area contributed by atoms with Gasteiger partial charge in [-0.25, -0.2) is 4.39 Å². The molecule has 22 heavy (non-hydrogen) atoms. The minimum Gasteiger partial charge on any atom is -0.492 e. The third-order valence-corrected chi connectivity index (χ3v) is 3.22. The molecule has 116 valence electrons. The van der Waals surface area contributed by atoms with E-state index in [1.165, 1.54) is 29.8 Å². The maximum Gasteiger partial charge on any atom is 0.251 e. The van der Waals surface area contributed by atoms with Crippen LogP contribution in [0.4, 0.5) is 4.39 Å². The van der Waals surface area contributed by atoms with Crippen LogP contribution in [0.1, 0.15) is 29.3 Å². The molecule has 0 atom stereocenters. The summed E-state index contributed by atoms with van der Waals surface area (Å²) >= 11 is 0. The van der Waals surface area contributed by atoms with Gasteiger partial charge in [-0.05, 0) is 48.4 Å². The van der Waals surface area contributed by atoms with Gasteiger partial charge < -0.3 is 10.1 Å². The van der Waals surface area contributed by atoms with E-state index in [0.717, 1.165) is 18.6 Å². The van der Waals surface area contributed by atoms with E-state index >= 15 is 0 Å². The molecule has 1 N–H and O–H groups in total. The number of benzene rings is 2. The maximum absolute atomic E-state index is 12.8. The molecule has 0 spiro atoms. The second kappa shape index (κ2) is 8.17.